The van der Waals surface area contributed by atoms with Crippen LogP contribution in [0.25, 0.3) is 0 Å². The van der Waals surface area contributed by atoms with E-state index in [0.29, 0.717) is 18.0 Å². The molecule has 3 N–H and O–H groups in total. The molecule has 1 aromatic carbocycles. The number of amides is 1. The summed E-state index contributed by atoms with van der Waals surface area (Å²) in [4.78, 5) is 13.6. The standard InChI is InChI=1S/C16H20N2O2S/c1-12-7-8-15(21-12)16(20)18-11-14(19)10-17-9-13-5-3-2-4-6-13/h2-8,14,17,19H,9-11H2,1H3,(H,18,20). The van der Waals surface area contributed by atoms with Crippen LogP contribution in [0.4, 0.5) is 0 Å². The number of hydrogen-bond donors (Lipinski definition) is 3. The minimum Gasteiger partial charge on any atom is -0.390 e. The summed E-state index contributed by atoms with van der Waals surface area (Å²) in [7, 11) is 0. The van der Waals surface area contributed by atoms with Crippen molar-refractivity contribution in [2.75, 3.05) is 13.1 Å². The third-order valence-corrected chi connectivity index (χ3v) is 4.01. The summed E-state index contributed by atoms with van der Waals surface area (Å²) in [5.74, 6) is -0.129. The molecule has 2 rings (SSSR count). The smallest absolute Gasteiger partial charge is 0.261 e. The van der Waals surface area contributed by atoms with Crippen molar-refractivity contribution in [3.8, 4) is 0 Å². The van der Waals surface area contributed by atoms with Gasteiger partial charge < -0.3 is 15.7 Å². The molecule has 0 radical (unpaired) electrons. The zero-order valence-corrected chi connectivity index (χ0v) is 12.8. The zero-order chi connectivity index (χ0) is 15.1. The molecule has 1 aromatic heterocycles. The largest absolute Gasteiger partial charge is 0.390 e. The van der Waals surface area contributed by atoms with Gasteiger partial charge in [0.1, 0.15) is 0 Å². The molecule has 0 saturated carbocycles. The molecule has 1 atom stereocenters. The molecule has 0 aliphatic carbocycles. The van der Waals surface area contributed by atoms with Crippen LogP contribution < -0.4 is 10.6 Å². The van der Waals surface area contributed by atoms with E-state index in [1.54, 1.807) is 6.07 Å². The lowest BCUT2D eigenvalue weighted by Crippen LogP contribution is -2.37. The second-order valence-electron chi connectivity index (χ2n) is 4.89. The Balaban J connectivity index is 1.65. The first kappa shape index (κ1) is 15.7. The summed E-state index contributed by atoms with van der Waals surface area (Å²) in [6, 6.07) is 13.7. The SMILES string of the molecule is Cc1ccc(C(=O)NCC(O)CNCc2ccccc2)s1. The molecule has 2 aromatic rings. The molecule has 0 aliphatic heterocycles. The first-order chi connectivity index (χ1) is 10.1. The number of aryl methyl sites for hydroxylation is 1. The monoisotopic (exact) mass is 304 g/mol. The number of carbonyl (C=O) groups excluding carboxylic acids is 1. The minimum absolute atomic E-state index is 0.129. The van der Waals surface area contributed by atoms with E-state index in [1.165, 1.54) is 16.9 Å². The van der Waals surface area contributed by atoms with E-state index in [-0.39, 0.29) is 12.5 Å². The van der Waals surface area contributed by atoms with Gasteiger partial charge >= 0.3 is 0 Å². The summed E-state index contributed by atoms with van der Waals surface area (Å²) in [6.45, 7) is 3.36. The van der Waals surface area contributed by atoms with E-state index < -0.39 is 6.10 Å². The van der Waals surface area contributed by atoms with Gasteiger partial charge in [-0.2, -0.15) is 0 Å². The van der Waals surface area contributed by atoms with Crippen LogP contribution in [0, 0.1) is 6.92 Å². The Hall–Kier alpha value is -1.69. The molecule has 0 saturated heterocycles. The zero-order valence-electron chi connectivity index (χ0n) is 12.0. The van der Waals surface area contributed by atoms with Crippen LogP contribution in [0.5, 0.6) is 0 Å². The summed E-state index contributed by atoms with van der Waals surface area (Å²) >= 11 is 1.45. The van der Waals surface area contributed by atoms with Crippen molar-refractivity contribution in [3.05, 3.63) is 57.8 Å². The molecule has 21 heavy (non-hydrogen) atoms. The van der Waals surface area contributed by atoms with Crippen molar-refractivity contribution < 1.29 is 9.90 Å². The van der Waals surface area contributed by atoms with Crippen molar-refractivity contribution in [1.82, 2.24) is 10.6 Å². The van der Waals surface area contributed by atoms with Crippen LogP contribution in [-0.4, -0.2) is 30.2 Å². The van der Waals surface area contributed by atoms with Gasteiger partial charge in [-0.25, -0.2) is 0 Å². The minimum atomic E-state index is -0.598. The number of rotatable bonds is 7. The number of thiophene rings is 1. The van der Waals surface area contributed by atoms with Gasteiger partial charge in [-0.3, -0.25) is 4.79 Å². The fourth-order valence-electron chi connectivity index (χ4n) is 1.91. The summed E-state index contributed by atoms with van der Waals surface area (Å²) in [5, 5.41) is 15.8. The second kappa shape index (κ2) is 7.93. The van der Waals surface area contributed by atoms with Crippen molar-refractivity contribution in [3.63, 3.8) is 0 Å². The first-order valence-electron chi connectivity index (χ1n) is 6.92. The molecule has 4 nitrogen and oxygen atoms in total. The maximum Gasteiger partial charge on any atom is 0.261 e. The molecule has 0 fully saturated rings. The van der Waals surface area contributed by atoms with E-state index in [9.17, 15) is 9.90 Å². The average molecular weight is 304 g/mol. The molecule has 0 aliphatic rings. The summed E-state index contributed by atoms with van der Waals surface area (Å²) < 4.78 is 0. The van der Waals surface area contributed by atoms with Gasteiger partial charge in [0.05, 0.1) is 11.0 Å². The molecular formula is C16H20N2O2S. The van der Waals surface area contributed by atoms with Crippen LogP contribution in [0.3, 0.4) is 0 Å². The van der Waals surface area contributed by atoms with Crippen LogP contribution >= 0.6 is 11.3 Å². The second-order valence-corrected chi connectivity index (χ2v) is 6.18. The van der Waals surface area contributed by atoms with E-state index in [0.717, 1.165) is 4.88 Å². The van der Waals surface area contributed by atoms with E-state index >= 15 is 0 Å². The van der Waals surface area contributed by atoms with Crippen LogP contribution in [0.15, 0.2) is 42.5 Å². The normalized spacial score (nSPS) is 12.1. The Morgan fingerprint density at radius 3 is 2.62 bits per heavy atom. The topological polar surface area (TPSA) is 61.4 Å². The fraction of sp³-hybridized carbons (Fsp3) is 0.312. The number of carbonyl (C=O) groups is 1. The first-order valence-corrected chi connectivity index (χ1v) is 7.74. The van der Waals surface area contributed by atoms with E-state index in [4.69, 9.17) is 0 Å². The van der Waals surface area contributed by atoms with Crippen LogP contribution in [-0.2, 0) is 6.54 Å². The van der Waals surface area contributed by atoms with Gasteiger partial charge in [-0.15, -0.1) is 11.3 Å². The van der Waals surface area contributed by atoms with Gasteiger partial charge in [-0.05, 0) is 24.6 Å². The van der Waals surface area contributed by atoms with E-state index in [2.05, 4.69) is 10.6 Å². The molecule has 112 valence electrons. The number of nitrogens with one attached hydrogen (secondary N) is 2. The summed E-state index contributed by atoms with van der Waals surface area (Å²) in [6.07, 6.45) is -0.598. The molecule has 0 spiro atoms. The number of benzene rings is 1. The lowest BCUT2D eigenvalue weighted by atomic mass is 10.2. The lowest BCUT2D eigenvalue weighted by Gasteiger charge is -2.12. The van der Waals surface area contributed by atoms with Crippen molar-refractivity contribution in [2.24, 2.45) is 0 Å². The number of aliphatic hydroxyl groups is 1. The third-order valence-electron chi connectivity index (χ3n) is 3.01. The molecule has 1 heterocycles. The Kier molecular flexibility index (Phi) is 5.92. The van der Waals surface area contributed by atoms with Gasteiger partial charge in [0, 0.05) is 24.5 Å². The average Bonchev–Trinajstić information content (AvgIpc) is 2.92. The number of hydrogen-bond acceptors (Lipinski definition) is 4. The maximum absolute atomic E-state index is 11.8. The van der Waals surface area contributed by atoms with Crippen molar-refractivity contribution >= 4 is 17.2 Å². The van der Waals surface area contributed by atoms with Crippen LogP contribution in [0.2, 0.25) is 0 Å². The quantitative estimate of drug-likeness (QED) is 0.732. The number of aliphatic hydroxyl groups excluding tert-OH is 1. The molecule has 0 bridgehead atoms. The third kappa shape index (κ3) is 5.30. The van der Waals surface area contributed by atoms with Crippen molar-refractivity contribution in [2.45, 2.75) is 19.6 Å². The Bertz CT molecular complexity index is 569. The highest BCUT2D eigenvalue weighted by Crippen LogP contribution is 2.14. The van der Waals surface area contributed by atoms with Crippen molar-refractivity contribution in [1.29, 1.82) is 0 Å². The van der Waals surface area contributed by atoms with E-state index in [1.807, 2.05) is 43.3 Å². The van der Waals surface area contributed by atoms with Gasteiger partial charge in [-0.1, -0.05) is 30.3 Å². The van der Waals surface area contributed by atoms with Gasteiger partial charge in [0.2, 0.25) is 0 Å². The highest BCUT2D eigenvalue weighted by Gasteiger charge is 2.10. The maximum atomic E-state index is 11.8. The summed E-state index contributed by atoms with van der Waals surface area (Å²) in [5.41, 5.74) is 1.17. The highest BCUT2D eigenvalue weighted by molar-refractivity contribution is 7.13. The lowest BCUT2D eigenvalue weighted by molar-refractivity contribution is 0.0919. The molecule has 1 unspecified atom stereocenters. The molecular weight excluding hydrogens is 284 g/mol. The fourth-order valence-corrected chi connectivity index (χ4v) is 2.69. The van der Waals surface area contributed by atoms with Crippen LogP contribution in [0.1, 0.15) is 20.1 Å². The molecule has 5 heteroatoms. The highest BCUT2D eigenvalue weighted by atomic mass is 32.1. The predicted molar refractivity (Wildman–Crippen MR) is 85.5 cm³/mol. The van der Waals surface area contributed by atoms with Gasteiger partial charge in [0.15, 0.2) is 0 Å². The van der Waals surface area contributed by atoms with Gasteiger partial charge in [0.25, 0.3) is 5.91 Å². The Labute approximate surface area is 128 Å². The molecule has 1 amide bonds. The Morgan fingerprint density at radius 1 is 1.19 bits per heavy atom. The Morgan fingerprint density at radius 2 is 1.95 bits per heavy atom. The predicted octanol–water partition coefficient (Wildman–Crippen LogP) is 1.94.